The fourth-order valence-corrected chi connectivity index (χ4v) is 4.47. The summed E-state index contributed by atoms with van der Waals surface area (Å²) in [5, 5.41) is 6.72. The van der Waals surface area contributed by atoms with E-state index >= 15 is 0 Å². The predicted molar refractivity (Wildman–Crippen MR) is 110 cm³/mol. The van der Waals surface area contributed by atoms with E-state index in [1.165, 1.54) is 6.42 Å². The molecule has 5 rings (SSSR count). The zero-order valence-electron chi connectivity index (χ0n) is 16.3. The first kappa shape index (κ1) is 18.4. The summed E-state index contributed by atoms with van der Waals surface area (Å²) >= 11 is 0. The Hall–Kier alpha value is -2.64. The number of aromatic nitrogens is 1. The Morgan fingerprint density at radius 3 is 2.69 bits per heavy atom. The second-order valence-electron chi connectivity index (χ2n) is 7.94. The minimum atomic E-state index is -0.0191. The summed E-state index contributed by atoms with van der Waals surface area (Å²) in [5.74, 6) is 2.30. The highest BCUT2D eigenvalue weighted by Gasteiger charge is 2.39. The van der Waals surface area contributed by atoms with Crippen molar-refractivity contribution in [1.82, 2.24) is 15.6 Å². The van der Waals surface area contributed by atoms with E-state index in [-0.39, 0.29) is 11.9 Å². The van der Waals surface area contributed by atoms with Crippen LogP contribution in [0.3, 0.4) is 0 Å². The lowest BCUT2D eigenvalue weighted by Crippen LogP contribution is -2.42. The van der Waals surface area contributed by atoms with E-state index < -0.39 is 0 Å². The fourth-order valence-electron chi connectivity index (χ4n) is 4.47. The van der Waals surface area contributed by atoms with Gasteiger partial charge in [0.05, 0.1) is 13.2 Å². The summed E-state index contributed by atoms with van der Waals surface area (Å²) in [5.41, 5.74) is 0.656. The van der Waals surface area contributed by atoms with Crippen LogP contribution in [0.15, 0.2) is 42.6 Å². The number of carbonyl (C=O) groups is 1. The molecule has 3 aliphatic heterocycles. The van der Waals surface area contributed by atoms with E-state index in [2.05, 4.69) is 20.5 Å². The van der Waals surface area contributed by atoms with E-state index in [0.717, 1.165) is 37.5 Å². The Bertz CT molecular complexity index is 867. The third-order valence-corrected chi connectivity index (χ3v) is 6.02. The van der Waals surface area contributed by atoms with Gasteiger partial charge < -0.3 is 25.0 Å². The van der Waals surface area contributed by atoms with Crippen molar-refractivity contribution >= 4 is 11.7 Å². The zero-order chi connectivity index (χ0) is 19.6. The minimum absolute atomic E-state index is 0.0191. The number of amides is 1. The third kappa shape index (κ3) is 4.06. The first-order chi connectivity index (χ1) is 14.2. The lowest BCUT2D eigenvalue weighted by Gasteiger charge is -2.27. The predicted octanol–water partition coefficient (Wildman–Crippen LogP) is 2.33. The van der Waals surface area contributed by atoms with Crippen LogP contribution in [0, 0.1) is 0 Å². The Balaban J connectivity index is 1.21. The number of anilines is 1. The van der Waals surface area contributed by atoms with Gasteiger partial charge in [-0.25, -0.2) is 4.98 Å². The fraction of sp³-hybridized carbons (Fsp3) is 0.455. The summed E-state index contributed by atoms with van der Waals surface area (Å²) in [7, 11) is 0. The van der Waals surface area contributed by atoms with E-state index in [9.17, 15) is 4.79 Å². The second kappa shape index (κ2) is 8.00. The first-order valence-corrected chi connectivity index (χ1v) is 10.4. The summed E-state index contributed by atoms with van der Waals surface area (Å²) in [4.78, 5) is 19.2. The van der Waals surface area contributed by atoms with Crippen molar-refractivity contribution in [1.29, 1.82) is 0 Å². The van der Waals surface area contributed by atoms with Gasteiger partial charge in [0.1, 0.15) is 17.3 Å². The molecule has 3 fully saturated rings. The van der Waals surface area contributed by atoms with Crippen LogP contribution in [0.25, 0.3) is 0 Å². The van der Waals surface area contributed by atoms with Gasteiger partial charge in [-0.2, -0.15) is 0 Å². The molecule has 2 bridgehead atoms. The molecule has 3 atom stereocenters. The molecule has 2 N–H and O–H groups in total. The normalized spacial score (nSPS) is 25.8. The van der Waals surface area contributed by atoms with Crippen molar-refractivity contribution in [2.24, 2.45) is 0 Å². The van der Waals surface area contributed by atoms with Crippen LogP contribution in [0.2, 0.25) is 0 Å². The number of carbonyl (C=O) groups excluding carboxylic acids is 1. The Kier molecular flexibility index (Phi) is 5.08. The lowest BCUT2D eigenvalue weighted by molar-refractivity contribution is 0.0931. The van der Waals surface area contributed by atoms with Gasteiger partial charge in [-0.1, -0.05) is 0 Å². The van der Waals surface area contributed by atoms with Gasteiger partial charge in [0.25, 0.3) is 5.91 Å². The van der Waals surface area contributed by atoms with Gasteiger partial charge >= 0.3 is 0 Å². The molecule has 152 valence electrons. The number of pyridine rings is 1. The van der Waals surface area contributed by atoms with Crippen LogP contribution in [-0.4, -0.2) is 55.3 Å². The molecule has 3 saturated heterocycles. The molecule has 0 aliphatic carbocycles. The van der Waals surface area contributed by atoms with Crippen molar-refractivity contribution in [3.63, 3.8) is 0 Å². The Morgan fingerprint density at radius 2 is 1.97 bits per heavy atom. The summed E-state index contributed by atoms with van der Waals surface area (Å²) in [6.07, 6.45) is 5.17. The number of morpholine rings is 1. The largest absolute Gasteiger partial charge is 0.457 e. The highest BCUT2D eigenvalue weighted by Crippen LogP contribution is 2.29. The average molecular weight is 394 g/mol. The number of nitrogens with zero attached hydrogens (tertiary/aromatic N) is 2. The Labute approximate surface area is 170 Å². The van der Waals surface area contributed by atoms with E-state index in [4.69, 9.17) is 9.47 Å². The molecule has 29 heavy (non-hydrogen) atoms. The molecule has 0 radical (unpaired) electrons. The van der Waals surface area contributed by atoms with Gasteiger partial charge in [-0.05, 0) is 49.6 Å². The van der Waals surface area contributed by atoms with Gasteiger partial charge in [-0.15, -0.1) is 0 Å². The van der Waals surface area contributed by atoms with Crippen LogP contribution in [0.1, 0.15) is 29.6 Å². The number of benzene rings is 1. The van der Waals surface area contributed by atoms with Gasteiger partial charge in [0, 0.05) is 49.0 Å². The van der Waals surface area contributed by atoms with Crippen molar-refractivity contribution in [2.45, 2.75) is 37.4 Å². The van der Waals surface area contributed by atoms with Crippen molar-refractivity contribution < 1.29 is 14.3 Å². The number of ether oxygens (including phenoxy) is 2. The molecule has 4 heterocycles. The molecule has 1 aromatic heterocycles. The minimum Gasteiger partial charge on any atom is -0.457 e. The summed E-state index contributed by atoms with van der Waals surface area (Å²) in [6, 6.07) is 12.3. The number of hydrogen-bond donors (Lipinski definition) is 2. The average Bonchev–Trinajstić information content (AvgIpc) is 3.38. The maximum absolute atomic E-state index is 12.6. The summed E-state index contributed by atoms with van der Waals surface area (Å²) < 4.78 is 11.4. The molecular formula is C22H26N4O3. The van der Waals surface area contributed by atoms with Gasteiger partial charge in [0.2, 0.25) is 0 Å². The smallest absolute Gasteiger partial charge is 0.251 e. The Morgan fingerprint density at radius 1 is 1.14 bits per heavy atom. The standard InChI is InChI=1S/C22H26N4O3/c27-22(25-20-13-16-3-6-19(20)24-16)15-1-4-17(5-2-15)29-18-7-8-23-21(14-18)26-9-11-28-12-10-26/h1-2,4-5,7-8,14,16,19-20,24H,3,6,9-13H2,(H,25,27). The first-order valence-electron chi connectivity index (χ1n) is 10.4. The van der Waals surface area contributed by atoms with Gasteiger partial charge in [0.15, 0.2) is 0 Å². The molecule has 1 aromatic carbocycles. The van der Waals surface area contributed by atoms with E-state index in [1.54, 1.807) is 6.20 Å². The highest BCUT2D eigenvalue weighted by molar-refractivity contribution is 5.94. The number of hydrogen-bond acceptors (Lipinski definition) is 6. The van der Waals surface area contributed by atoms with Crippen LogP contribution >= 0.6 is 0 Å². The maximum atomic E-state index is 12.6. The molecule has 7 nitrogen and oxygen atoms in total. The molecule has 1 amide bonds. The van der Waals surface area contributed by atoms with Crippen molar-refractivity contribution in [2.75, 3.05) is 31.2 Å². The SMILES string of the molecule is O=C(NC1CC2CCC1N2)c1ccc(Oc2ccnc(N3CCOCC3)c2)cc1. The number of nitrogens with one attached hydrogen (secondary N) is 2. The third-order valence-electron chi connectivity index (χ3n) is 6.02. The van der Waals surface area contributed by atoms with Crippen molar-refractivity contribution in [3.05, 3.63) is 48.2 Å². The molecule has 2 aromatic rings. The monoisotopic (exact) mass is 394 g/mol. The van der Waals surface area contributed by atoms with Crippen LogP contribution in [-0.2, 0) is 4.74 Å². The van der Waals surface area contributed by atoms with Crippen LogP contribution < -0.4 is 20.3 Å². The number of rotatable bonds is 5. The number of fused-ring (bicyclic) bond motifs is 2. The molecule has 0 spiro atoms. The van der Waals surface area contributed by atoms with Crippen molar-refractivity contribution in [3.8, 4) is 11.5 Å². The maximum Gasteiger partial charge on any atom is 0.251 e. The second-order valence-corrected chi connectivity index (χ2v) is 7.94. The quantitative estimate of drug-likeness (QED) is 0.811. The topological polar surface area (TPSA) is 75.7 Å². The summed E-state index contributed by atoms with van der Waals surface area (Å²) in [6.45, 7) is 3.10. The van der Waals surface area contributed by atoms with Gasteiger partial charge in [-0.3, -0.25) is 4.79 Å². The molecule has 7 heteroatoms. The lowest BCUT2D eigenvalue weighted by atomic mass is 9.95. The molecule has 3 unspecified atom stereocenters. The van der Waals surface area contributed by atoms with E-state index in [0.29, 0.717) is 36.6 Å². The van der Waals surface area contributed by atoms with Crippen LogP contribution in [0.5, 0.6) is 11.5 Å². The highest BCUT2D eigenvalue weighted by atomic mass is 16.5. The zero-order valence-corrected chi connectivity index (χ0v) is 16.3. The molecule has 0 saturated carbocycles. The van der Waals surface area contributed by atoms with Crippen LogP contribution in [0.4, 0.5) is 5.82 Å². The molecule has 3 aliphatic rings. The molecular weight excluding hydrogens is 368 g/mol. The van der Waals surface area contributed by atoms with E-state index in [1.807, 2.05) is 36.4 Å².